The Morgan fingerprint density at radius 3 is 2.50 bits per heavy atom. The van der Waals surface area contributed by atoms with Gasteiger partial charge in [-0.2, -0.15) is 0 Å². The summed E-state index contributed by atoms with van der Waals surface area (Å²) < 4.78 is 23.5. The van der Waals surface area contributed by atoms with Crippen LogP contribution in [0, 0.1) is 0 Å². The highest BCUT2D eigenvalue weighted by Gasteiger charge is 2.06. The Balaban J connectivity index is 2.08. The van der Waals surface area contributed by atoms with Gasteiger partial charge in [-0.05, 0) is 39.7 Å². The maximum Gasteiger partial charge on any atom is 0.175 e. The van der Waals surface area contributed by atoms with Crippen LogP contribution in [0.5, 0.6) is 0 Å². The van der Waals surface area contributed by atoms with Crippen LogP contribution in [-0.2, 0) is 16.4 Å². The van der Waals surface area contributed by atoms with Crippen molar-refractivity contribution in [1.82, 2.24) is 4.98 Å². The van der Waals surface area contributed by atoms with Crippen molar-refractivity contribution < 1.29 is 8.42 Å². The Hall–Kier alpha value is -1.60. The van der Waals surface area contributed by atoms with Crippen LogP contribution >= 0.6 is 15.9 Å². The van der Waals surface area contributed by atoms with E-state index in [-0.39, 0.29) is 0 Å². The van der Waals surface area contributed by atoms with E-state index in [1.807, 2.05) is 0 Å². The second-order valence-corrected chi connectivity index (χ2v) is 7.24. The number of hydrogen-bond donors (Lipinski definition) is 2. The second kappa shape index (κ2) is 5.80. The van der Waals surface area contributed by atoms with Crippen molar-refractivity contribution in [3.8, 4) is 0 Å². The highest BCUT2D eigenvalue weighted by molar-refractivity contribution is 9.10. The predicted octanol–water partition coefficient (Wildman–Crippen LogP) is 2.44. The van der Waals surface area contributed by atoms with Gasteiger partial charge in [-0.15, -0.1) is 0 Å². The lowest BCUT2D eigenvalue weighted by molar-refractivity contribution is 0.602. The standard InChI is InChI=1S/C13H14BrN3O2S/c1-20(18,19)11-4-2-9(3-5-11)7-16-13-12(14)6-10(15)8-17-13/h2-6,8H,7,15H2,1H3,(H,16,17). The lowest BCUT2D eigenvalue weighted by atomic mass is 10.2. The quantitative estimate of drug-likeness (QED) is 0.879. The fourth-order valence-electron chi connectivity index (χ4n) is 1.62. The molecule has 0 saturated heterocycles. The molecule has 1 aromatic carbocycles. The van der Waals surface area contributed by atoms with Gasteiger partial charge in [-0.25, -0.2) is 13.4 Å². The van der Waals surface area contributed by atoms with Crippen molar-refractivity contribution >= 4 is 37.3 Å². The van der Waals surface area contributed by atoms with Crippen LogP contribution in [0.25, 0.3) is 0 Å². The summed E-state index contributed by atoms with van der Waals surface area (Å²) in [6, 6.07) is 8.50. The highest BCUT2D eigenvalue weighted by Crippen LogP contribution is 2.22. The Bertz CT molecular complexity index is 715. The fraction of sp³-hybridized carbons (Fsp3) is 0.154. The van der Waals surface area contributed by atoms with Crippen LogP contribution in [-0.4, -0.2) is 19.7 Å². The molecular weight excluding hydrogens is 342 g/mol. The van der Waals surface area contributed by atoms with Crippen molar-refractivity contribution in [2.75, 3.05) is 17.3 Å². The van der Waals surface area contributed by atoms with E-state index in [0.717, 1.165) is 10.0 Å². The lowest BCUT2D eigenvalue weighted by Crippen LogP contribution is -2.03. The summed E-state index contributed by atoms with van der Waals surface area (Å²) in [5, 5.41) is 3.15. The van der Waals surface area contributed by atoms with Gasteiger partial charge in [0.1, 0.15) is 5.82 Å². The zero-order valence-corrected chi connectivity index (χ0v) is 13.2. The predicted molar refractivity (Wildman–Crippen MR) is 83.2 cm³/mol. The first kappa shape index (κ1) is 14.8. The summed E-state index contributed by atoms with van der Waals surface area (Å²) in [7, 11) is -3.15. The van der Waals surface area contributed by atoms with Crippen molar-refractivity contribution in [2.45, 2.75) is 11.4 Å². The number of rotatable bonds is 4. The number of nitrogens with zero attached hydrogens (tertiary/aromatic N) is 1. The number of benzene rings is 1. The number of nitrogen functional groups attached to an aromatic ring is 1. The van der Waals surface area contributed by atoms with Crippen LogP contribution in [0.4, 0.5) is 11.5 Å². The topological polar surface area (TPSA) is 85.1 Å². The Kier molecular flexibility index (Phi) is 4.29. The molecular formula is C13H14BrN3O2S. The average molecular weight is 356 g/mol. The molecule has 0 fully saturated rings. The van der Waals surface area contributed by atoms with Crippen molar-refractivity contribution in [1.29, 1.82) is 0 Å². The van der Waals surface area contributed by atoms with Crippen LogP contribution in [0.2, 0.25) is 0 Å². The first-order valence-corrected chi connectivity index (χ1v) is 8.48. The summed E-state index contributed by atoms with van der Waals surface area (Å²) in [5.74, 6) is 0.686. The molecule has 0 atom stereocenters. The van der Waals surface area contributed by atoms with Gasteiger partial charge in [0.05, 0.1) is 21.3 Å². The highest BCUT2D eigenvalue weighted by atomic mass is 79.9. The summed E-state index contributed by atoms with van der Waals surface area (Å²) in [5.41, 5.74) is 7.16. The van der Waals surface area contributed by atoms with Crippen LogP contribution in [0.3, 0.4) is 0 Å². The molecule has 7 heteroatoms. The average Bonchev–Trinajstić information content (AvgIpc) is 2.37. The zero-order valence-electron chi connectivity index (χ0n) is 10.8. The van der Waals surface area contributed by atoms with Gasteiger partial charge in [0, 0.05) is 12.8 Å². The second-order valence-electron chi connectivity index (χ2n) is 4.37. The summed E-state index contributed by atoms with van der Waals surface area (Å²) >= 11 is 3.37. The molecule has 0 spiro atoms. The Labute approximate surface area is 126 Å². The molecule has 0 aliphatic carbocycles. The van der Waals surface area contributed by atoms with Crippen LogP contribution in [0.15, 0.2) is 45.9 Å². The van der Waals surface area contributed by atoms with Gasteiger partial charge in [-0.3, -0.25) is 0 Å². The minimum absolute atomic E-state index is 0.313. The third kappa shape index (κ3) is 3.71. The molecule has 0 bridgehead atoms. The third-order valence-corrected chi connectivity index (χ3v) is 4.41. The number of nitrogens with one attached hydrogen (secondary N) is 1. The fourth-order valence-corrected chi connectivity index (χ4v) is 2.76. The first-order chi connectivity index (χ1) is 9.36. The molecule has 0 radical (unpaired) electrons. The van der Waals surface area contributed by atoms with Crippen molar-refractivity contribution in [2.24, 2.45) is 0 Å². The third-order valence-electron chi connectivity index (χ3n) is 2.67. The molecule has 0 unspecified atom stereocenters. The molecule has 3 N–H and O–H groups in total. The molecule has 2 aromatic rings. The minimum atomic E-state index is -3.15. The number of sulfone groups is 1. The molecule has 106 valence electrons. The van der Waals surface area contributed by atoms with E-state index < -0.39 is 9.84 Å². The molecule has 0 aliphatic rings. The zero-order chi connectivity index (χ0) is 14.8. The summed E-state index contributed by atoms with van der Waals surface area (Å²) in [6.45, 7) is 0.541. The molecule has 1 heterocycles. The van der Waals surface area contributed by atoms with Crippen molar-refractivity contribution in [3.05, 3.63) is 46.6 Å². The van der Waals surface area contributed by atoms with E-state index in [0.29, 0.717) is 22.9 Å². The van der Waals surface area contributed by atoms with Crippen LogP contribution in [0.1, 0.15) is 5.56 Å². The van der Waals surface area contributed by atoms with Gasteiger partial charge in [0.15, 0.2) is 9.84 Å². The molecule has 20 heavy (non-hydrogen) atoms. The smallest absolute Gasteiger partial charge is 0.175 e. The molecule has 5 nitrogen and oxygen atoms in total. The first-order valence-electron chi connectivity index (χ1n) is 5.80. The lowest BCUT2D eigenvalue weighted by Gasteiger charge is -2.08. The van der Waals surface area contributed by atoms with E-state index in [1.165, 1.54) is 6.26 Å². The maximum atomic E-state index is 11.4. The summed E-state index contributed by atoms with van der Waals surface area (Å²) in [6.07, 6.45) is 2.76. The number of hydrogen-bond acceptors (Lipinski definition) is 5. The van der Waals surface area contributed by atoms with E-state index in [1.54, 1.807) is 36.5 Å². The van der Waals surface area contributed by atoms with E-state index >= 15 is 0 Å². The number of anilines is 2. The Morgan fingerprint density at radius 1 is 1.30 bits per heavy atom. The molecule has 1 aromatic heterocycles. The monoisotopic (exact) mass is 355 g/mol. The van der Waals surface area contributed by atoms with Gasteiger partial charge in [0.2, 0.25) is 0 Å². The van der Waals surface area contributed by atoms with Crippen LogP contribution < -0.4 is 11.1 Å². The molecule has 0 aliphatic heterocycles. The number of nitrogens with two attached hydrogens (primary N) is 1. The normalized spacial score (nSPS) is 11.3. The maximum absolute atomic E-state index is 11.4. The SMILES string of the molecule is CS(=O)(=O)c1ccc(CNc2ncc(N)cc2Br)cc1. The molecule has 2 rings (SSSR count). The number of halogens is 1. The largest absolute Gasteiger partial charge is 0.397 e. The Morgan fingerprint density at radius 2 is 1.95 bits per heavy atom. The number of aromatic nitrogens is 1. The van der Waals surface area contributed by atoms with Gasteiger partial charge >= 0.3 is 0 Å². The van der Waals surface area contributed by atoms with Gasteiger partial charge < -0.3 is 11.1 Å². The van der Waals surface area contributed by atoms with Crippen molar-refractivity contribution in [3.63, 3.8) is 0 Å². The van der Waals surface area contributed by atoms with Gasteiger partial charge in [-0.1, -0.05) is 12.1 Å². The van der Waals surface area contributed by atoms with E-state index in [9.17, 15) is 8.42 Å². The minimum Gasteiger partial charge on any atom is -0.397 e. The molecule has 0 amide bonds. The van der Waals surface area contributed by atoms with E-state index in [2.05, 4.69) is 26.2 Å². The van der Waals surface area contributed by atoms with Gasteiger partial charge in [0.25, 0.3) is 0 Å². The number of pyridine rings is 1. The molecule has 0 saturated carbocycles. The van der Waals surface area contributed by atoms with E-state index in [4.69, 9.17) is 5.73 Å². The summed E-state index contributed by atoms with van der Waals surface area (Å²) in [4.78, 5) is 4.48.